The van der Waals surface area contributed by atoms with E-state index in [2.05, 4.69) is 19.2 Å². The van der Waals surface area contributed by atoms with E-state index < -0.39 is 0 Å². The molecule has 0 bridgehead atoms. The van der Waals surface area contributed by atoms with Crippen LogP contribution in [-0.2, 0) is 0 Å². The van der Waals surface area contributed by atoms with Crippen molar-refractivity contribution in [1.82, 2.24) is 5.32 Å². The number of thiophene rings is 1. The molecule has 0 saturated heterocycles. The SMILES string of the molecule is CCCC(C)NC(=O)c1csc2ccccc12. The van der Waals surface area contributed by atoms with Gasteiger partial charge in [-0.2, -0.15) is 0 Å². The Labute approximate surface area is 106 Å². The van der Waals surface area contributed by atoms with E-state index in [9.17, 15) is 4.79 Å². The third-order valence-corrected chi connectivity index (χ3v) is 3.79. The minimum atomic E-state index is 0.0448. The molecule has 1 aromatic heterocycles. The monoisotopic (exact) mass is 247 g/mol. The molecule has 1 N–H and O–H groups in total. The molecule has 1 heterocycles. The van der Waals surface area contributed by atoms with Crippen molar-refractivity contribution < 1.29 is 4.79 Å². The molecule has 0 saturated carbocycles. The van der Waals surface area contributed by atoms with E-state index in [0.29, 0.717) is 0 Å². The molecule has 1 amide bonds. The molecule has 0 radical (unpaired) electrons. The predicted octanol–water partition coefficient (Wildman–Crippen LogP) is 3.82. The van der Waals surface area contributed by atoms with Gasteiger partial charge in [0.15, 0.2) is 0 Å². The first-order chi connectivity index (χ1) is 8.22. The second-order valence-electron chi connectivity index (χ2n) is 4.31. The second kappa shape index (κ2) is 5.32. The van der Waals surface area contributed by atoms with Crippen molar-refractivity contribution in [3.63, 3.8) is 0 Å². The number of carbonyl (C=O) groups is 1. The van der Waals surface area contributed by atoms with E-state index >= 15 is 0 Å². The molecule has 3 heteroatoms. The van der Waals surface area contributed by atoms with E-state index in [-0.39, 0.29) is 11.9 Å². The molecule has 2 aromatic rings. The predicted molar refractivity (Wildman–Crippen MR) is 73.7 cm³/mol. The zero-order chi connectivity index (χ0) is 12.3. The second-order valence-corrected chi connectivity index (χ2v) is 5.22. The number of benzene rings is 1. The average molecular weight is 247 g/mol. The third kappa shape index (κ3) is 2.67. The Kier molecular flexibility index (Phi) is 3.79. The van der Waals surface area contributed by atoms with Crippen molar-refractivity contribution in [1.29, 1.82) is 0 Å². The van der Waals surface area contributed by atoms with Gasteiger partial charge in [0.1, 0.15) is 0 Å². The number of rotatable bonds is 4. The van der Waals surface area contributed by atoms with Gasteiger partial charge in [0.2, 0.25) is 0 Å². The van der Waals surface area contributed by atoms with Crippen LogP contribution in [0.3, 0.4) is 0 Å². The highest BCUT2D eigenvalue weighted by Gasteiger charge is 2.13. The number of carbonyl (C=O) groups excluding carboxylic acids is 1. The lowest BCUT2D eigenvalue weighted by molar-refractivity contribution is 0.0940. The Hall–Kier alpha value is -1.35. The zero-order valence-electron chi connectivity index (χ0n) is 10.2. The Bertz CT molecular complexity index is 518. The quantitative estimate of drug-likeness (QED) is 0.874. The number of fused-ring (bicyclic) bond motifs is 1. The van der Waals surface area contributed by atoms with Crippen molar-refractivity contribution >= 4 is 27.3 Å². The number of hydrogen-bond donors (Lipinski definition) is 1. The van der Waals surface area contributed by atoms with E-state index in [1.54, 1.807) is 11.3 Å². The molecule has 2 nitrogen and oxygen atoms in total. The molecule has 1 aromatic carbocycles. The van der Waals surface area contributed by atoms with Crippen LogP contribution in [0.5, 0.6) is 0 Å². The highest BCUT2D eigenvalue weighted by atomic mass is 32.1. The first kappa shape index (κ1) is 12.1. The maximum atomic E-state index is 12.1. The van der Waals surface area contributed by atoms with Crippen LogP contribution < -0.4 is 5.32 Å². The van der Waals surface area contributed by atoms with Gasteiger partial charge in [0, 0.05) is 21.5 Å². The molecular weight excluding hydrogens is 230 g/mol. The Morgan fingerprint density at radius 1 is 1.41 bits per heavy atom. The highest BCUT2D eigenvalue weighted by Crippen LogP contribution is 2.25. The minimum absolute atomic E-state index is 0.0448. The molecule has 90 valence electrons. The highest BCUT2D eigenvalue weighted by molar-refractivity contribution is 7.17. The van der Waals surface area contributed by atoms with Gasteiger partial charge in [-0.3, -0.25) is 4.79 Å². The van der Waals surface area contributed by atoms with Crippen LogP contribution in [0.1, 0.15) is 37.0 Å². The fourth-order valence-corrected chi connectivity index (χ4v) is 2.90. The average Bonchev–Trinajstić information content (AvgIpc) is 2.72. The van der Waals surface area contributed by atoms with Gasteiger partial charge in [-0.15, -0.1) is 11.3 Å². The summed E-state index contributed by atoms with van der Waals surface area (Å²) in [5.74, 6) is 0.0448. The number of nitrogens with one attached hydrogen (secondary N) is 1. The summed E-state index contributed by atoms with van der Waals surface area (Å²) < 4.78 is 1.17. The topological polar surface area (TPSA) is 29.1 Å². The van der Waals surface area contributed by atoms with Gasteiger partial charge >= 0.3 is 0 Å². The van der Waals surface area contributed by atoms with Crippen molar-refractivity contribution in [2.45, 2.75) is 32.7 Å². The van der Waals surface area contributed by atoms with E-state index in [1.165, 1.54) is 4.70 Å². The zero-order valence-corrected chi connectivity index (χ0v) is 11.0. The molecule has 1 atom stereocenters. The van der Waals surface area contributed by atoms with Crippen LogP contribution in [0.15, 0.2) is 29.6 Å². The fraction of sp³-hybridized carbons (Fsp3) is 0.357. The van der Waals surface area contributed by atoms with Crippen molar-refractivity contribution in [3.8, 4) is 0 Å². The van der Waals surface area contributed by atoms with Crippen LogP contribution in [-0.4, -0.2) is 11.9 Å². The standard InChI is InChI=1S/C14H17NOS/c1-3-6-10(2)15-14(16)12-9-17-13-8-5-4-7-11(12)13/h4-5,7-10H,3,6H2,1-2H3,(H,15,16). The largest absolute Gasteiger partial charge is 0.350 e. The van der Waals surface area contributed by atoms with Crippen molar-refractivity contribution in [2.24, 2.45) is 0 Å². The summed E-state index contributed by atoms with van der Waals surface area (Å²) in [5, 5.41) is 6.04. The molecule has 2 rings (SSSR count). The molecule has 0 aliphatic rings. The van der Waals surface area contributed by atoms with Crippen molar-refractivity contribution in [3.05, 3.63) is 35.2 Å². The van der Waals surface area contributed by atoms with E-state index in [4.69, 9.17) is 0 Å². The Balaban J connectivity index is 2.19. The van der Waals surface area contributed by atoms with Crippen LogP contribution >= 0.6 is 11.3 Å². The lowest BCUT2D eigenvalue weighted by atomic mass is 10.1. The van der Waals surface area contributed by atoms with Gasteiger partial charge in [0.25, 0.3) is 5.91 Å². The smallest absolute Gasteiger partial charge is 0.252 e. The summed E-state index contributed by atoms with van der Waals surface area (Å²) in [6.07, 6.45) is 2.11. The van der Waals surface area contributed by atoms with Crippen molar-refractivity contribution in [2.75, 3.05) is 0 Å². The number of hydrogen-bond acceptors (Lipinski definition) is 2. The maximum absolute atomic E-state index is 12.1. The van der Waals surface area contributed by atoms with E-state index in [0.717, 1.165) is 23.8 Å². The lowest BCUT2D eigenvalue weighted by Crippen LogP contribution is -2.32. The van der Waals surface area contributed by atoms with Crippen LogP contribution in [0.25, 0.3) is 10.1 Å². The first-order valence-electron chi connectivity index (χ1n) is 5.99. The van der Waals surface area contributed by atoms with Gasteiger partial charge < -0.3 is 5.32 Å². The molecule has 0 aliphatic heterocycles. The lowest BCUT2D eigenvalue weighted by Gasteiger charge is -2.12. The fourth-order valence-electron chi connectivity index (χ4n) is 1.96. The summed E-state index contributed by atoms with van der Waals surface area (Å²) in [6, 6.07) is 8.27. The summed E-state index contributed by atoms with van der Waals surface area (Å²) in [6.45, 7) is 4.18. The van der Waals surface area contributed by atoms with Gasteiger partial charge in [0.05, 0.1) is 5.56 Å². The summed E-state index contributed by atoms with van der Waals surface area (Å²) in [7, 11) is 0. The van der Waals surface area contributed by atoms with Gasteiger partial charge in [-0.25, -0.2) is 0 Å². The van der Waals surface area contributed by atoms with Crippen LogP contribution in [0, 0.1) is 0 Å². The van der Waals surface area contributed by atoms with Crippen LogP contribution in [0.2, 0.25) is 0 Å². The summed E-state index contributed by atoms with van der Waals surface area (Å²) in [4.78, 5) is 12.1. The normalized spacial score (nSPS) is 12.6. The minimum Gasteiger partial charge on any atom is -0.350 e. The third-order valence-electron chi connectivity index (χ3n) is 2.82. The maximum Gasteiger partial charge on any atom is 0.252 e. The van der Waals surface area contributed by atoms with E-state index in [1.807, 2.05) is 29.6 Å². The molecule has 17 heavy (non-hydrogen) atoms. The molecular formula is C14H17NOS. The van der Waals surface area contributed by atoms with Crippen LogP contribution in [0.4, 0.5) is 0 Å². The van der Waals surface area contributed by atoms with Gasteiger partial charge in [-0.05, 0) is 19.4 Å². The Morgan fingerprint density at radius 3 is 2.94 bits per heavy atom. The molecule has 0 fully saturated rings. The molecule has 0 spiro atoms. The van der Waals surface area contributed by atoms with Gasteiger partial charge in [-0.1, -0.05) is 31.5 Å². The molecule has 0 aliphatic carbocycles. The summed E-state index contributed by atoms with van der Waals surface area (Å²) >= 11 is 1.62. The Morgan fingerprint density at radius 2 is 2.18 bits per heavy atom. The first-order valence-corrected chi connectivity index (χ1v) is 6.87. The number of amides is 1. The molecule has 1 unspecified atom stereocenters. The summed E-state index contributed by atoms with van der Waals surface area (Å²) in [5.41, 5.74) is 0.800.